The molecular weight excluding hydrogens is 362 g/mol. The molecule has 4 heterocycles. The Labute approximate surface area is 160 Å². The first kappa shape index (κ1) is 18.1. The van der Waals surface area contributed by atoms with E-state index in [0.29, 0.717) is 19.6 Å². The van der Waals surface area contributed by atoms with Crippen LogP contribution in [0, 0.1) is 5.92 Å². The number of piperidine rings is 1. The highest BCUT2D eigenvalue weighted by Crippen LogP contribution is 2.41. The Morgan fingerprint density at radius 1 is 1.29 bits per heavy atom. The van der Waals surface area contributed by atoms with Gasteiger partial charge in [-0.05, 0) is 18.4 Å². The van der Waals surface area contributed by atoms with Crippen molar-refractivity contribution in [1.82, 2.24) is 24.8 Å². The molecule has 2 aromatic rings. The van der Waals surface area contributed by atoms with Gasteiger partial charge in [-0.2, -0.15) is 0 Å². The maximum Gasteiger partial charge on any atom is 0.273 e. The van der Waals surface area contributed by atoms with Gasteiger partial charge in [-0.15, -0.1) is 0 Å². The fourth-order valence-corrected chi connectivity index (χ4v) is 4.34. The molecule has 3 atom stereocenters. The Morgan fingerprint density at radius 2 is 2.11 bits per heavy atom. The van der Waals surface area contributed by atoms with Gasteiger partial charge < -0.3 is 19.8 Å². The van der Waals surface area contributed by atoms with Crippen LogP contribution in [0.3, 0.4) is 0 Å². The summed E-state index contributed by atoms with van der Waals surface area (Å²) in [7, 11) is 0. The Balaban J connectivity index is 1.67. The van der Waals surface area contributed by atoms with Crippen molar-refractivity contribution in [2.75, 3.05) is 19.6 Å². The molecule has 2 N–H and O–H groups in total. The third-order valence-corrected chi connectivity index (χ3v) is 5.54. The highest BCUT2D eigenvalue weighted by molar-refractivity contribution is 5.92. The van der Waals surface area contributed by atoms with Gasteiger partial charge in [0.15, 0.2) is 0 Å². The van der Waals surface area contributed by atoms with Crippen molar-refractivity contribution in [3.8, 4) is 0 Å². The van der Waals surface area contributed by atoms with Gasteiger partial charge in [0.25, 0.3) is 17.0 Å². The molecule has 0 unspecified atom stereocenters. The summed E-state index contributed by atoms with van der Waals surface area (Å²) < 4.78 is 1.77. The number of likely N-dealkylation sites (tertiary alicyclic amines) is 1. The molecule has 0 aromatic carbocycles. The van der Waals surface area contributed by atoms with Gasteiger partial charge in [0.05, 0.1) is 12.2 Å². The summed E-state index contributed by atoms with van der Waals surface area (Å²) in [5.74, 6) is -0.345. The van der Waals surface area contributed by atoms with Crippen LogP contribution in [0.2, 0.25) is 0 Å². The second-order valence-electron chi connectivity index (χ2n) is 7.36. The van der Waals surface area contributed by atoms with Crippen molar-refractivity contribution in [3.05, 3.63) is 62.7 Å². The number of fused-ring (bicyclic) bond motifs is 4. The molecule has 2 aromatic heterocycles. The minimum Gasteiger partial charge on any atom is -0.354 e. The first-order valence-electron chi connectivity index (χ1n) is 9.24. The van der Waals surface area contributed by atoms with E-state index < -0.39 is 0 Å². The molecule has 146 valence electrons. The summed E-state index contributed by atoms with van der Waals surface area (Å²) >= 11 is 0. The third-order valence-electron chi connectivity index (χ3n) is 5.54. The number of aromatic amines is 1. The predicted molar refractivity (Wildman–Crippen MR) is 100 cm³/mol. The number of rotatable bonds is 3. The van der Waals surface area contributed by atoms with Gasteiger partial charge in [-0.25, -0.2) is 4.98 Å². The standard InChI is InChI=1S/C19H21N5O4/c1-11(25)20-7-16-13-5-12(15-3-2-4-18(27)24(15)16)9-23(10-13)19(28)14-6-22-17(26)8-21-14/h2-4,6,8,12-13,16H,5,7,9-10H2,1H3,(H,20,25)(H,22,26)/t12-,13+,16+/m1/s1. The molecule has 2 amide bonds. The van der Waals surface area contributed by atoms with Gasteiger partial charge in [0.2, 0.25) is 5.91 Å². The number of aromatic nitrogens is 3. The van der Waals surface area contributed by atoms with Crippen molar-refractivity contribution in [3.63, 3.8) is 0 Å². The van der Waals surface area contributed by atoms with E-state index in [4.69, 9.17) is 0 Å². The summed E-state index contributed by atoms with van der Waals surface area (Å²) in [6, 6.07) is 4.95. The van der Waals surface area contributed by atoms with Crippen LogP contribution in [0.4, 0.5) is 0 Å². The first-order valence-corrected chi connectivity index (χ1v) is 9.24. The lowest BCUT2D eigenvalue weighted by Gasteiger charge is -2.46. The maximum atomic E-state index is 12.9. The van der Waals surface area contributed by atoms with E-state index in [-0.39, 0.29) is 46.5 Å². The van der Waals surface area contributed by atoms with E-state index >= 15 is 0 Å². The predicted octanol–water partition coefficient (Wildman–Crippen LogP) is -0.132. The SMILES string of the molecule is CC(=O)NC[C@H]1[C@H]2C[C@H](CN(C(=O)c3c[nH]c(=O)cn3)C2)c2cccc(=O)n21. The van der Waals surface area contributed by atoms with Crippen LogP contribution in [0.25, 0.3) is 0 Å². The summed E-state index contributed by atoms with van der Waals surface area (Å²) in [4.78, 5) is 56.2. The highest BCUT2D eigenvalue weighted by Gasteiger charge is 2.42. The molecule has 4 rings (SSSR count). The molecule has 0 saturated carbocycles. The van der Waals surface area contributed by atoms with Crippen LogP contribution in [0.15, 0.2) is 40.2 Å². The van der Waals surface area contributed by atoms with Crippen LogP contribution in [0.5, 0.6) is 0 Å². The Hall–Kier alpha value is -3.23. The Kier molecular flexibility index (Phi) is 4.58. The quantitative estimate of drug-likeness (QED) is 0.766. The van der Waals surface area contributed by atoms with E-state index in [1.165, 1.54) is 19.2 Å². The molecule has 0 aliphatic carbocycles. The summed E-state index contributed by atoms with van der Waals surface area (Å²) in [5, 5.41) is 2.81. The normalized spacial score (nSPS) is 23.0. The molecule has 0 spiro atoms. The number of nitrogens with one attached hydrogen (secondary N) is 2. The molecular formula is C19H21N5O4. The third kappa shape index (κ3) is 3.23. The van der Waals surface area contributed by atoms with Gasteiger partial charge in [0, 0.05) is 50.4 Å². The lowest BCUT2D eigenvalue weighted by Crippen LogP contribution is -2.53. The topological polar surface area (TPSA) is 117 Å². The van der Waals surface area contributed by atoms with Gasteiger partial charge >= 0.3 is 0 Å². The Morgan fingerprint density at radius 3 is 2.82 bits per heavy atom. The largest absolute Gasteiger partial charge is 0.354 e. The molecule has 28 heavy (non-hydrogen) atoms. The second kappa shape index (κ2) is 7.06. The highest BCUT2D eigenvalue weighted by atomic mass is 16.2. The lowest BCUT2D eigenvalue weighted by molar-refractivity contribution is -0.119. The monoisotopic (exact) mass is 383 g/mol. The molecule has 2 aliphatic heterocycles. The number of nitrogens with zero attached hydrogens (tertiary/aromatic N) is 3. The van der Waals surface area contributed by atoms with Crippen molar-refractivity contribution in [2.24, 2.45) is 5.92 Å². The van der Waals surface area contributed by atoms with E-state index in [0.717, 1.165) is 18.3 Å². The summed E-state index contributed by atoms with van der Waals surface area (Å²) in [5.41, 5.74) is 0.606. The fraction of sp³-hybridized carbons (Fsp3) is 0.421. The molecule has 2 bridgehead atoms. The zero-order valence-corrected chi connectivity index (χ0v) is 15.4. The summed E-state index contributed by atoms with van der Waals surface area (Å²) in [6.07, 6.45) is 3.26. The number of pyridine rings is 1. The summed E-state index contributed by atoms with van der Waals surface area (Å²) in [6.45, 7) is 2.72. The van der Waals surface area contributed by atoms with Crippen LogP contribution >= 0.6 is 0 Å². The van der Waals surface area contributed by atoms with Crippen LogP contribution in [-0.2, 0) is 4.79 Å². The minimum atomic E-state index is -0.365. The number of carbonyl (C=O) groups is 2. The molecule has 9 heteroatoms. The average molecular weight is 383 g/mol. The van der Waals surface area contributed by atoms with Crippen LogP contribution in [0.1, 0.15) is 41.5 Å². The van der Waals surface area contributed by atoms with Crippen molar-refractivity contribution in [1.29, 1.82) is 0 Å². The molecule has 1 fully saturated rings. The fourth-order valence-electron chi connectivity index (χ4n) is 4.34. The number of carbonyl (C=O) groups excluding carboxylic acids is 2. The van der Waals surface area contributed by atoms with Crippen molar-refractivity contribution < 1.29 is 9.59 Å². The zero-order valence-electron chi connectivity index (χ0n) is 15.4. The zero-order chi connectivity index (χ0) is 19.8. The molecule has 1 saturated heterocycles. The second-order valence-corrected chi connectivity index (χ2v) is 7.36. The van der Waals surface area contributed by atoms with E-state index in [9.17, 15) is 19.2 Å². The number of amides is 2. The van der Waals surface area contributed by atoms with Crippen molar-refractivity contribution >= 4 is 11.8 Å². The van der Waals surface area contributed by atoms with Gasteiger partial charge in [-0.3, -0.25) is 19.2 Å². The number of hydrogen-bond acceptors (Lipinski definition) is 5. The molecule has 0 radical (unpaired) electrons. The number of hydrogen-bond donors (Lipinski definition) is 2. The van der Waals surface area contributed by atoms with E-state index in [1.807, 2.05) is 6.07 Å². The van der Waals surface area contributed by atoms with Gasteiger partial charge in [0.1, 0.15) is 5.69 Å². The van der Waals surface area contributed by atoms with E-state index in [2.05, 4.69) is 15.3 Å². The van der Waals surface area contributed by atoms with E-state index in [1.54, 1.807) is 15.5 Å². The first-order chi connectivity index (χ1) is 13.4. The lowest BCUT2D eigenvalue weighted by atomic mass is 9.78. The molecule has 9 nitrogen and oxygen atoms in total. The van der Waals surface area contributed by atoms with Crippen LogP contribution < -0.4 is 16.4 Å². The van der Waals surface area contributed by atoms with Crippen molar-refractivity contribution in [2.45, 2.75) is 25.3 Å². The molecule has 2 aliphatic rings. The Bertz CT molecular complexity index is 1020. The number of H-pyrrole nitrogens is 1. The smallest absolute Gasteiger partial charge is 0.273 e. The van der Waals surface area contributed by atoms with Crippen LogP contribution in [-0.4, -0.2) is 50.9 Å². The average Bonchev–Trinajstić information content (AvgIpc) is 2.68. The maximum absolute atomic E-state index is 12.9. The minimum absolute atomic E-state index is 0.0323. The van der Waals surface area contributed by atoms with Gasteiger partial charge in [-0.1, -0.05) is 6.07 Å².